The van der Waals surface area contributed by atoms with Gasteiger partial charge in [0.2, 0.25) is 5.95 Å². The molecule has 7 heteroatoms. The second-order valence-electron chi connectivity index (χ2n) is 4.87. The second kappa shape index (κ2) is 10.6. The molecule has 1 aliphatic rings. The van der Waals surface area contributed by atoms with Gasteiger partial charge in [0.1, 0.15) is 5.82 Å². The fraction of sp³-hybridized carbons (Fsp3) is 0.556. The van der Waals surface area contributed by atoms with E-state index < -0.39 is 0 Å². The number of benzene rings is 1. The van der Waals surface area contributed by atoms with Crippen LogP contribution in [0, 0.1) is 0 Å². The Morgan fingerprint density at radius 1 is 0.960 bits per heavy atom. The molecule has 1 fully saturated rings. The summed E-state index contributed by atoms with van der Waals surface area (Å²) in [7, 11) is 3.20. The summed E-state index contributed by atoms with van der Waals surface area (Å²) in [5, 5.41) is 4.07. The summed E-state index contributed by atoms with van der Waals surface area (Å²) in [6, 6.07) is 3.64. The van der Waals surface area contributed by atoms with E-state index in [4.69, 9.17) is 15.2 Å². The largest absolute Gasteiger partial charge is 0.493 e. The number of hydrogen-bond acceptors (Lipinski definition) is 7. The maximum atomic E-state index is 6.09. The van der Waals surface area contributed by atoms with Gasteiger partial charge in [0.15, 0.2) is 11.5 Å². The molecule has 0 amide bonds. The molecular formula is C18H31N5O2. The van der Waals surface area contributed by atoms with Gasteiger partial charge >= 0.3 is 0 Å². The smallest absolute Gasteiger partial charge is 0.227 e. The maximum Gasteiger partial charge on any atom is 0.227 e. The summed E-state index contributed by atoms with van der Waals surface area (Å²) in [5.74, 6) is 2.37. The van der Waals surface area contributed by atoms with Gasteiger partial charge in [-0.2, -0.15) is 4.98 Å². The lowest BCUT2D eigenvalue weighted by atomic mass is 10.2. The van der Waals surface area contributed by atoms with Gasteiger partial charge in [0.05, 0.1) is 19.7 Å². The van der Waals surface area contributed by atoms with Crippen LogP contribution >= 0.6 is 0 Å². The number of fused-ring (bicyclic) bond motifs is 1. The van der Waals surface area contributed by atoms with Gasteiger partial charge in [-0.25, -0.2) is 4.98 Å². The Labute approximate surface area is 150 Å². The van der Waals surface area contributed by atoms with E-state index in [1.165, 1.54) is 0 Å². The Hall–Kier alpha value is -2.28. The zero-order valence-corrected chi connectivity index (χ0v) is 16.2. The molecule has 1 saturated heterocycles. The summed E-state index contributed by atoms with van der Waals surface area (Å²) in [6.07, 6.45) is 0. The minimum Gasteiger partial charge on any atom is -0.493 e. The Morgan fingerprint density at radius 2 is 1.52 bits per heavy atom. The van der Waals surface area contributed by atoms with Crippen molar-refractivity contribution in [3.05, 3.63) is 12.1 Å². The monoisotopic (exact) mass is 349 g/mol. The van der Waals surface area contributed by atoms with Gasteiger partial charge in [-0.1, -0.05) is 27.7 Å². The number of anilines is 2. The summed E-state index contributed by atoms with van der Waals surface area (Å²) in [4.78, 5) is 11.2. The minimum atomic E-state index is 0.453. The van der Waals surface area contributed by atoms with Crippen LogP contribution < -0.4 is 25.4 Å². The first-order chi connectivity index (χ1) is 12.2. The highest BCUT2D eigenvalue weighted by Crippen LogP contribution is 2.34. The highest BCUT2D eigenvalue weighted by molar-refractivity contribution is 5.91. The molecule has 3 N–H and O–H groups in total. The molecule has 1 aromatic carbocycles. The first kappa shape index (κ1) is 20.8. The fourth-order valence-electron chi connectivity index (χ4n) is 2.47. The molecule has 0 radical (unpaired) electrons. The van der Waals surface area contributed by atoms with Crippen molar-refractivity contribution in [3.63, 3.8) is 0 Å². The van der Waals surface area contributed by atoms with Gasteiger partial charge in [-0.05, 0) is 6.07 Å². The van der Waals surface area contributed by atoms with Crippen molar-refractivity contribution in [2.45, 2.75) is 27.7 Å². The average Bonchev–Trinajstić information content (AvgIpc) is 2.70. The van der Waals surface area contributed by atoms with E-state index in [2.05, 4.69) is 20.2 Å². The zero-order valence-electron chi connectivity index (χ0n) is 16.2. The molecule has 3 rings (SSSR count). The highest BCUT2D eigenvalue weighted by Gasteiger charge is 2.17. The molecule has 0 unspecified atom stereocenters. The summed E-state index contributed by atoms with van der Waals surface area (Å²) in [5.41, 5.74) is 6.85. The predicted molar refractivity (Wildman–Crippen MR) is 105 cm³/mol. The van der Waals surface area contributed by atoms with Crippen molar-refractivity contribution >= 4 is 22.7 Å². The van der Waals surface area contributed by atoms with Crippen molar-refractivity contribution in [1.82, 2.24) is 15.3 Å². The summed E-state index contributed by atoms with van der Waals surface area (Å²) >= 11 is 0. The molecule has 25 heavy (non-hydrogen) atoms. The SMILES string of the molecule is CC.CC.COc1cc2nc(N3CCNCC3)nc(N)c2cc1OC. The third kappa shape index (κ3) is 4.85. The number of aromatic nitrogens is 2. The van der Waals surface area contributed by atoms with Crippen molar-refractivity contribution in [2.75, 3.05) is 51.0 Å². The number of rotatable bonds is 3. The first-order valence-corrected chi connectivity index (χ1v) is 8.88. The normalized spacial score (nSPS) is 13.3. The number of ether oxygens (including phenoxy) is 2. The molecule has 140 valence electrons. The average molecular weight is 349 g/mol. The van der Waals surface area contributed by atoms with Crippen LogP contribution in [0.5, 0.6) is 11.5 Å². The van der Waals surface area contributed by atoms with E-state index in [-0.39, 0.29) is 0 Å². The van der Waals surface area contributed by atoms with Crippen LogP contribution in [-0.4, -0.2) is 50.4 Å². The third-order valence-corrected chi connectivity index (χ3v) is 3.62. The van der Waals surface area contributed by atoms with Crippen molar-refractivity contribution in [2.24, 2.45) is 0 Å². The molecule has 0 bridgehead atoms. The first-order valence-electron chi connectivity index (χ1n) is 8.88. The lowest BCUT2D eigenvalue weighted by Crippen LogP contribution is -2.44. The molecule has 0 aliphatic carbocycles. The molecule has 1 aromatic heterocycles. The number of nitrogens with zero attached hydrogens (tertiary/aromatic N) is 3. The van der Waals surface area contributed by atoms with Gasteiger partial charge < -0.3 is 25.4 Å². The molecular weight excluding hydrogens is 318 g/mol. The maximum absolute atomic E-state index is 6.09. The third-order valence-electron chi connectivity index (χ3n) is 3.62. The molecule has 2 heterocycles. The van der Waals surface area contributed by atoms with Crippen molar-refractivity contribution in [1.29, 1.82) is 0 Å². The second-order valence-corrected chi connectivity index (χ2v) is 4.87. The van der Waals surface area contributed by atoms with Crippen LogP contribution in [0.15, 0.2) is 12.1 Å². The van der Waals surface area contributed by atoms with Crippen LogP contribution in [0.1, 0.15) is 27.7 Å². The Bertz CT molecular complexity index is 657. The predicted octanol–water partition coefficient (Wildman–Crippen LogP) is 2.69. The van der Waals surface area contributed by atoms with E-state index in [0.29, 0.717) is 23.3 Å². The van der Waals surface area contributed by atoms with Crippen LogP contribution in [0.3, 0.4) is 0 Å². The van der Waals surface area contributed by atoms with E-state index in [1.807, 2.05) is 39.8 Å². The van der Waals surface area contributed by atoms with E-state index in [9.17, 15) is 0 Å². The number of methoxy groups -OCH3 is 2. The quantitative estimate of drug-likeness (QED) is 0.881. The molecule has 0 spiro atoms. The van der Waals surface area contributed by atoms with E-state index >= 15 is 0 Å². The minimum absolute atomic E-state index is 0.453. The lowest BCUT2D eigenvalue weighted by molar-refractivity contribution is 0.356. The molecule has 7 nitrogen and oxygen atoms in total. The van der Waals surface area contributed by atoms with Crippen LogP contribution in [-0.2, 0) is 0 Å². The van der Waals surface area contributed by atoms with Gasteiger partial charge in [0, 0.05) is 37.6 Å². The van der Waals surface area contributed by atoms with Crippen molar-refractivity contribution < 1.29 is 9.47 Å². The number of hydrogen-bond donors (Lipinski definition) is 2. The lowest BCUT2D eigenvalue weighted by Gasteiger charge is -2.27. The Balaban J connectivity index is 0.000000730. The number of piperazine rings is 1. The number of nitrogens with one attached hydrogen (secondary N) is 1. The summed E-state index contributed by atoms with van der Waals surface area (Å²) in [6.45, 7) is 11.6. The highest BCUT2D eigenvalue weighted by atomic mass is 16.5. The van der Waals surface area contributed by atoms with Crippen LogP contribution in [0.2, 0.25) is 0 Å². The van der Waals surface area contributed by atoms with Crippen LogP contribution in [0.25, 0.3) is 10.9 Å². The van der Waals surface area contributed by atoms with Crippen molar-refractivity contribution in [3.8, 4) is 11.5 Å². The Morgan fingerprint density at radius 3 is 2.08 bits per heavy atom. The van der Waals surface area contributed by atoms with Gasteiger partial charge in [-0.3, -0.25) is 0 Å². The van der Waals surface area contributed by atoms with Crippen LogP contribution in [0.4, 0.5) is 11.8 Å². The number of nitrogen functional groups attached to an aromatic ring is 1. The molecule has 0 saturated carbocycles. The zero-order chi connectivity index (χ0) is 18.8. The van der Waals surface area contributed by atoms with E-state index in [1.54, 1.807) is 14.2 Å². The molecule has 1 aliphatic heterocycles. The standard InChI is InChI=1S/C14H19N5O2.2C2H6/c1-20-11-7-9-10(8-12(11)21-2)17-14(18-13(9)15)19-5-3-16-4-6-19;2*1-2/h7-8,16H,3-6H2,1-2H3,(H2,15,17,18);2*1-2H3. The molecule has 2 aromatic rings. The summed E-state index contributed by atoms with van der Waals surface area (Å²) < 4.78 is 10.6. The van der Waals surface area contributed by atoms with E-state index in [0.717, 1.165) is 37.1 Å². The number of nitrogens with two attached hydrogens (primary N) is 1. The van der Waals surface area contributed by atoms with Gasteiger partial charge in [0.25, 0.3) is 0 Å². The molecule has 0 atom stereocenters. The van der Waals surface area contributed by atoms with Gasteiger partial charge in [-0.15, -0.1) is 0 Å². The Kier molecular flexibility index (Phi) is 8.77. The fourth-order valence-corrected chi connectivity index (χ4v) is 2.47. The topological polar surface area (TPSA) is 85.5 Å².